The van der Waals surface area contributed by atoms with Crippen molar-refractivity contribution in [1.29, 1.82) is 0 Å². The predicted octanol–water partition coefficient (Wildman–Crippen LogP) is 0.868. The molecule has 0 aromatic carbocycles. The second-order valence-corrected chi connectivity index (χ2v) is 5.70. The molecule has 1 heterocycles. The van der Waals surface area contributed by atoms with Crippen LogP contribution in [0.1, 0.15) is 20.3 Å². The minimum Gasteiger partial charge on any atom is -0.316 e. The van der Waals surface area contributed by atoms with Gasteiger partial charge in [-0.05, 0) is 39.5 Å². The molecule has 90 valence electrons. The molecule has 1 unspecified atom stereocenters. The molecule has 1 rings (SSSR count). The van der Waals surface area contributed by atoms with Crippen molar-refractivity contribution < 1.29 is 0 Å². The first-order chi connectivity index (χ1) is 6.95. The predicted molar refractivity (Wildman–Crippen MR) is 66.2 cm³/mol. The fraction of sp³-hybridized carbons (Fsp3) is 1.00. The van der Waals surface area contributed by atoms with Gasteiger partial charge in [-0.1, -0.05) is 13.8 Å². The first kappa shape index (κ1) is 12.9. The smallest absolute Gasteiger partial charge is 0.0140 e. The van der Waals surface area contributed by atoms with E-state index < -0.39 is 0 Å². The first-order valence-electron chi connectivity index (χ1n) is 6.00. The van der Waals surface area contributed by atoms with Crippen molar-refractivity contribution in [2.75, 3.05) is 47.3 Å². The average Bonchev–Trinajstić information content (AvgIpc) is 2.13. The molecule has 1 fully saturated rings. The van der Waals surface area contributed by atoms with Gasteiger partial charge in [-0.3, -0.25) is 0 Å². The van der Waals surface area contributed by atoms with Gasteiger partial charge in [-0.15, -0.1) is 0 Å². The quantitative estimate of drug-likeness (QED) is 0.747. The van der Waals surface area contributed by atoms with Crippen LogP contribution in [0.3, 0.4) is 0 Å². The molecule has 0 aromatic rings. The Labute approximate surface area is 94.8 Å². The molecule has 1 aliphatic rings. The second kappa shape index (κ2) is 5.28. The maximum absolute atomic E-state index is 3.44. The third-order valence-electron chi connectivity index (χ3n) is 3.52. The molecule has 1 saturated heterocycles. The van der Waals surface area contributed by atoms with E-state index in [0.29, 0.717) is 11.5 Å². The molecule has 1 N–H and O–H groups in total. The summed E-state index contributed by atoms with van der Waals surface area (Å²) in [6.45, 7) is 9.56. The fourth-order valence-electron chi connectivity index (χ4n) is 2.54. The summed E-state index contributed by atoms with van der Waals surface area (Å²) < 4.78 is 0. The van der Waals surface area contributed by atoms with E-state index in [9.17, 15) is 0 Å². The molecular weight excluding hydrogens is 186 g/mol. The largest absolute Gasteiger partial charge is 0.316 e. The lowest BCUT2D eigenvalue weighted by Crippen LogP contribution is -2.54. The molecule has 0 amide bonds. The van der Waals surface area contributed by atoms with Crippen LogP contribution >= 0.6 is 0 Å². The van der Waals surface area contributed by atoms with Crippen LogP contribution in [0.4, 0.5) is 0 Å². The van der Waals surface area contributed by atoms with Crippen molar-refractivity contribution in [2.45, 2.75) is 26.3 Å². The maximum atomic E-state index is 3.44. The lowest BCUT2D eigenvalue weighted by molar-refractivity contribution is 0.0769. The van der Waals surface area contributed by atoms with E-state index in [4.69, 9.17) is 0 Å². The highest BCUT2D eigenvalue weighted by atomic mass is 15.2. The zero-order chi connectivity index (χ0) is 11.5. The third kappa shape index (κ3) is 3.74. The number of nitrogens with one attached hydrogen (secondary N) is 1. The van der Waals surface area contributed by atoms with Crippen LogP contribution < -0.4 is 5.32 Å². The number of hydrogen-bond acceptors (Lipinski definition) is 3. The molecule has 15 heavy (non-hydrogen) atoms. The van der Waals surface area contributed by atoms with Gasteiger partial charge in [0.25, 0.3) is 0 Å². The number of nitrogens with zero attached hydrogens (tertiary/aromatic N) is 2. The summed E-state index contributed by atoms with van der Waals surface area (Å²) in [6.07, 6.45) is 1.27. The highest BCUT2D eigenvalue weighted by Gasteiger charge is 2.34. The Morgan fingerprint density at radius 3 is 2.53 bits per heavy atom. The van der Waals surface area contributed by atoms with Crippen molar-refractivity contribution in [1.82, 2.24) is 15.1 Å². The normalized spacial score (nSPS) is 27.2. The number of rotatable bonds is 4. The molecule has 3 nitrogen and oxygen atoms in total. The Kier molecular flexibility index (Phi) is 4.56. The van der Waals surface area contributed by atoms with Crippen LogP contribution in [0, 0.1) is 5.41 Å². The van der Waals surface area contributed by atoms with Crippen LogP contribution in [-0.2, 0) is 0 Å². The minimum absolute atomic E-state index is 0.402. The van der Waals surface area contributed by atoms with Crippen molar-refractivity contribution >= 4 is 0 Å². The van der Waals surface area contributed by atoms with Gasteiger partial charge >= 0.3 is 0 Å². The van der Waals surface area contributed by atoms with E-state index in [1.54, 1.807) is 0 Å². The van der Waals surface area contributed by atoms with Crippen molar-refractivity contribution in [3.8, 4) is 0 Å². The van der Waals surface area contributed by atoms with Crippen molar-refractivity contribution in [2.24, 2.45) is 5.41 Å². The average molecular weight is 213 g/mol. The molecule has 0 saturated carbocycles. The van der Waals surface area contributed by atoms with Crippen LogP contribution in [0.2, 0.25) is 0 Å². The molecule has 1 atom stereocenters. The standard InChI is InChI=1S/C12H27N3/c1-12(2)10-15(9-8-14(4)5)7-6-11(12)13-3/h11,13H,6-10H2,1-5H3. The monoisotopic (exact) mass is 213 g/mol. The molecule has 0 radical (unpaired) electrons. The number of piperidine rings is 1. The van der Waals surface area contributed by atoms with E-state index in [-0.39, 0.29) is 0 Å². The summed E-state index contributed by atoms with van der Waals surface area (Å²) in [4.78, 5) is 4.85. The highest BCUT2D eigenvalue weighted by Crippen LogP contribution is 2.28. The van der Waals surface area contributed by atoms with E-state index in [1.807, 2.05) is 0 Å². The van der Waals surface area contributed by atoms with Crippen LogP contribution in [-0.4, -0.2) is 63.2 Å². The second-order valence-electron chi connectivity index (χ2n) is 5.70. The fourth-order valence-corrected chi connectivity index (χ4v) is 2.54. The van der Waals surface area contributed by atoms with Gasteiger partial charge in [-0.2, -0.15) is 0 Å². The Morgan fingerprint density at radius 2 is 2.07 bits per heavy atom. The number of hydrogen-bond donors (Lipinski definition) is 1. The van der Waals surface area contributed by atoms with Gasteiger partial charge in [0.15, 0.2) is 0 Å². The van der Waals surface area contributed by atoms with Crippen LogP contribution in [0.5, 0.6) is 0 Å². The molecule has 0 bridgehead atoms. The van der Waals surface area contributed by atoms with Gasteiger partial charge in [0.1, 0.15) is 0 Å². The Bertz CT molecular complexity index is 189. The van der Waals surface area contributed by atoms with E-state index in [2.05, 4.69) is 50.1 Å². The summed E-state index contributed by atoms with van der Waals surface area (Å²) in [6, 6.07) is 0.674. The lowest BCUT2D eigenvalue weighted by atomic mass is 9.79. The van der Waals surface area contributed by atoms with E-state index in [0.717, 1.165) is 0 Å². The Balaban J connectivity index is 2.40. The van der Waals surface area contributed by atoms with Crippen LogP contribution in [0.15, 0.2) is 0 Å². The minimum atomic E-state index is 0.402. The van der Waals surface area contributed by atoms with E-state index >= 15 is 0 Å². The van der Waals surface area contributed by atoms with E-state index in [1.165, 1.54) is 32.6 Å². The van der Waals surface area contributed by atoms with Crippen molar-refractivity contribution in [3.63, 3.8) is 0 Å². The maximum Gasteiger partial charge on any atom is 0.0140 e. The summed E-state index contributed by atoms with van der Waals surface area (Å²) >= 11 is 0. The Hall–Kier alpha value is -0.120. The van der Waals surface area contributed by atoms with Gasteiger partial charge in [0.05, 0.1) is 0 Å². The first-order valence-corrected chi connectivity index (χ1v) is 6.00. The summed E-state index contributed by atoms with van der Waals surface area (Å²) in [5.74, 6) is 0. The SMILES string of the molecule is CNC1CCN(CCN(C)C)CC1(C)C. The van der Waals surface area contributed by atoms with Gasteiger partial charge < -0.3 is 15.1 Å². The topological polar surface area (TPSA) is 18.5 Å². The summed E-state index contributed by atoms with van der Waals surface area (Å²) in [5.41, 5.74) is 0.402. The zero-order valence-electron chi connectivity index (χ0n) is 11.0. The molecule has 0 aromatic heterocycles. The van der Waals surface area contributed by atoms with Crippen molar-refractivity contribution in [3.05, 3.63) is 0 Å². The van der Waals surface area contributed by atoms with Gasteiger partial charge in [0, 0.05) is 25.7 Å². The zero-order valence-corrected chi connectivity index (χ0v) is 11.0. The molecule has 0 aliphatic carbocycles. The number of likely N-dealkylation sites (N-methyl/N-ethyl adjacent to an activating group) is 1. The number of likely N-dealkylation sites (tertiary alicyclic amines) is 1. The molecular formula is C12H27N3. The Morgan fingerprint density at radius 1 is 1.40 bits per heavy atom. The van der Waals surface area contributed by atoms with Gasteiger partial charge in [0.2, 0.25) is 0 Å². The highest BCUT2D eigenvalue weighted by molar-refractivity contribution is 4.91. The summed E-state index contributed by atoms with van der Waals surface area (Å²) in [5, 5.41) is 3.44. The third-order valence-corrected chi connectivity index (χ3v) is 3.52. The lowest BCUT2D eigenvalue weighted by Gasteiger charge is -2.44. The summed E-state index contributed by atoms with van der Waals surface area (Å²) in [7, 11) is 6.37. The molecule has 3 heteroatoms. The molecule has 1 aliphatic heterocycles. The molecule has 0 spiro atoms. The van der Waals surface area contributed by atoms with Crippen LogP contribution in [0.25, 0.3) is 0 Å². The van der Waals surface area contributed by atoms with Gasteiger partial charge in [-0.25, -0.2) is 0 Å².